The van der Waals surface area contributed by atoms with Gasteiger partial charge in [0.25, 0.3) is 0 Å². The zero-order chi connectivity index (χ0) is 22.3. The zero-order valence-corrected chi connectivity index (χ0v) is 12.0. The molecule has 0 aliphatic rings. The summed E-state index contributed by atoms with van der Waals surface area (Å²) >= 11 is 0. The molecule has 0 heterocycles. The van der Waals surface area contributed by atoms with Gasteiger partial charge in [-0.15, -0.1) is 0 Å². The Bertz CT molecular complexity index is 446. The number of ether oxygens (including phenoxy) is 1. The van der Waals surface area contributed by atoms with Crippen LogP contribution in [0.5, 0.6) is 0 Å². The van der Waals surface area contributed by atoms with Crippen LogP contribution in [0.3, 0.4) is 0 Å². The fourth-order valence-electron chi connectivity index (χ4n) is 1.47. The zero-order valence-electron chi connectivity index (χ0n) is 12.0. The van der Waals surface area contributed by atoms with E-state index >= 15 is 0 Å². The third-order valence-corrected chi connectivity index (χ3v) is 2.81. The molecule has 1 nitrogen and oxygen atoms in total. The third kappa shape index (κ3) is 5.01. The van der Waals surface area contributed by atoms with E-state index in [0.29, 0.717) is 0 Å². The molecule has 0 aliphatic carbocycles. The van der Waals surface area contributed by atoms with Crippen LogP contribution < -0.4 is 0 Å². The van der Waals surface area contributed by atoms with Crippen LogP contribution in [0.15, 0.2) is 0 Å². The summed E-state index contributed by atoms with van der Waals surface area (Å²) in [5, 5.41) is 0. The summed E-state index contributed by atoms with van der Waals surface area (Å²) in [4.78, 5) is 0. The van der Waals surface area contributed by atoms with Crippen molar-refractivity contribution in [2.24, 2.45) is 0 Å². The second-order valence-electron chi connectivity index (χ2n) is 4.93. The molecule has 0 radical (unpaired) electrons. The summed E-state index contributed by atoms with van der Waals surface area (Å²) in [6.07, 6.45) is -25.6. The molecule has 0 fully saturated rings. The Balaban J connectivity index is 6.50. The summed E-state index contributed by atoms with van der Waals surface area (Å²) in [6.45, 7) is -7.12. The van der Waals surface area contributed by atoms with E-state index in [-0.39, 0.29) is 0 Å². The van der Waals surface area contributed by atoms with E-state index in [1.165, 1.54) is 0 Å². The predicted molar refractivity (Wildman–Crippen MR) is 52.5 cm³/mol. The van der Waals surface area contributed by atoms with Crippen LogP contribution in [0, 0.1) is 0 Å². The van der Waals surface area contributed by atoms with Gasteiger partial charge >= 0.3 is 36.0 Å². The summed E-state index contributed by atoms with van der Waals surface area (Å²) < 4.78 is 204. The lowest BCUT2D eigenvalue weighted by molar-refractivity contribution is -0.399. The maximum absolute atomic E-state index is 13.1. The van der Waals surface area contributed by atoms with Crippen molar-refractivity contribution in [2.75, 3.05) is 13.3 Å². The number of rotatable bonds is 8. The summed E-state index contributed by atoms with van der Waals surface area (Å²) in [5.74, 6) is -26.5. The normalized spacial score (nSPS) is 17.8. The Morgan fingerprint density at radius 3 is 0.852 bits per heavy atom. The quantitative estimate of drug-likeness (QED) is 0.458. The van der Waals surface area contributed by atoms with Gasteiger partial charge in [0.05, 0.1) is 0 Å². The second-order valence-corrected chi connectivity index (χ2v) is 4.93. The Morgan fingerprint density at radius 2 is 0.704 bits per heavy atom. The van der Waals surface area contributed by atoms with Crippen molar-refractivity contribution < 1.29 is 75.0 Å². The van der Waals surface area contributed by atoms with Crippen molar-refractivity contribution in [2.45, 2.75) is 48.3 Å². The highest BCUT2D eigenvalue weighted by atomic mass is 19.4. The molecule has 2 unspecified atom stereocenters. The van der Waals surface area contributed by atoms with Crippen LogP contribution in [0.25, 0.3) is 0 Å². The average Bonchev–Trinajstić information content (AvgIpc) is 2.44. The van der Waals surface area contributed by atoms with Crippen LogP contribution in [0.1, 0.15) is 0 Å². The molecule has 0 aromatic heterocycles. The summed E-state index contributed by atoms with van der Waals surface area (Å²) in [6, 6.07) is 0. The van der Waals surface area contributed by atoms with E-state index in [4.69, 9.17) is 0 Å². The highest BCUT2D eigenvalue weighted by Crippen LogP contribution is 2.50. The molecular formula is C10H6F16O. The standard InChI is InChI=1S/C10H6F16O/c11-1-5(13,14)3(7(17,18)9(21,22)23)27-4(6(15,16)2-12)8(19,20)10(24,25)26/h3-4H,1-2H2. The largest absolute Gasteiger partial charge is 0.456 e. The molecule has 17 heteroatoms. The Kier molecular flexibility index (Phi) is 7.03. The first kappa shape index (κ1) is 25.8. The molecule has 0 aromatic rings. The molecule has 0 aliphatic heterocycles. The lowest BCUT2D eigenvalue weighted by atomic mass is 10.0. The molecule has 27 heavy (non-hydrogen) atoms. The molecule has 0 rings (SSSR count). The van der Waals surface area contributed by atoms with Gasteiger partial charge in [-0.2, -0.15) is 43.9 Å². The van der Waals surface area contributed by atoms with Crippen molar-refractivity contribution in [3.05, 3.63) is 0 Å². The highest BCUT2D eigenvalue weighted by Gasteiger charge is 2.76. The molecule has 2 atom stereocenters. The van der Waals surface area contributed by atoms with Crippen LogP contribution in [0.2, 0.25) is 0 Å². The minimum Gasteiger partial charge on any atom is -0.349 e. The molecule has 0 amide bonds. The van der Waals surface area contributed by atoms with Crippen molar-refractivity contribution in [3.8, 4) is 0 Å². The maximum atomic E-state index is 13.1. The average molecular weight is 446 g/mol. The van der Waals surface area contributed by atoms with Crippen LogP contribution in [-0.4, -0.2) is 61.6 Å². The van der Waals surface area contributed by atoms with Gasteiger partial charge in [0.2, 0.25) is 0 Å². The van der Waals surface area contributed by atoms with Gasteiger partial charge in [0.15, 0.2) is 25.6 Å². The third-order valence-electron chi connectivity index (χ3n) is 2.81. The Morgan fingerprint density at radius 1 is 0.481 bits per heavy atom. The SMILES string of the molecule is FCC(F)(F)C(OC(C(F)(F)CF)C(F)(F)C(F)(F)F)C(F)(F)C(F)(F)F. The molecule has 164 valence electrons. The van der Waals surface area contributed by atoms with Crippen LogP contribution in [0.4, 0.5) is 70.2 Å². The van der Waals surface area contributed by atoms with E-state index in [1.54, 1.807) is 0 Å². The highest BCUT2D eigenvalue weighted by molar-refractivity contribution is 5.00. The predicted octanol–water partition coefficient (Wildman–Crippen LogP) is 5.35. The Labute approximate surface area is 138 Å². The fourth-order valence-corrected chi connectivity index (χ4v) is 1.47. The monoisotopic (exact) mass is 446 g/mol. The van der Waals surface area contributed by atoms with Crippen molar-refractivity contribution in [1.82, 2.24) is 0 Å². The lowest BCUT2D eigenvalue weighted by Crippen LogP contribution is -2.64. The molecule has 0 saturated carbocycles. The van der Waals surface area contributed by atoms with Crippen LogP contribution >= 0.6 is 0 Å². The summed E-state index contributed by atoms with van der Waals surface area (Å²) in [5.41, 5.74) is 0. The van der Waals surface area contributed by atoms with Gasteiger partial charge in [0, 0.05) is 0 Å². The minimum atomic E-state index is -7.18. The van der Waals surface area contributed by atoms with E-state index in [0.717, 1.165) is 0 Å². The molecule has 0 spiro atoms. The first-order valence-electron chi connectivity index (χ1n) is 6.01. The van der Waals surface area contributed by atoms with Gasteiger partial charge in [-0.05, 0) is 0 Å². The molecule has 0 bridgehead atoms. The van der Waals surface area contributed by atoms with Crippen molar-refractivity contribution in [1.29, 1.82) is 0 Å². The lowest BCUT2D eigenvalue weighted by Gasteiger charge is -2.39. The summed E-state index contributed by atoms with van der Waals surface area (Å²) in [7, 11) is 0. The number of hydrogen-bond donors (Lipinski definition) is 0. The van der Waals surface area contributed by atoms with E-state index < -0.39 is 61.6 Å². The number of halogens is 16. The topological polar surface area (TPSA) is 9.23 Å². The maximum Gasteiger partial charge on any atom is 0.456 e. The fraction of sp³-hybridized carbons (Fsp3) is 1.00. The first-order valence-corrected chi connectivity index (χ1v) is 6.01. The van der Waals surface area contributed by atoms with Crippen molar-refractivity contribution in [3.63, 3.8) is 0 Å². The van der Waals surface area contributed by atoms with Gasteiger partial charge < -0.3 is 4.74 Å². The van der Waals surface area contributed by atoms with Gasteiger partial charge in [-0.1, -0.05) is 0 Å². The Hall–Kier alpha value is -1.16. The van der Waals surface area contributed by atoms with Gasteiger partial charge in [0.1, 0.15) is 0 Å². The van der Waals surface area contributed by atoms with E-state index in [2.05, 4.69) is 4.74 Å². The first-order chi connectivity index (χ1) is 11.6. The van der Waals surface area contributed by atoms with E-state index in [1.807, 2.05) is 0 Å². The smallest absolute Gasteiger partial charge is 0.349 e. The van der Waals surface area contributed by atoms with Gasteiger partial charge in [-0.3, -0.25) is 0 Å². The molecule has 0 aromatic carbocycles. The van der Waals surface area contributed by atoms with E-state index in [9.17, 15) is 70.2 Å². The van der Waals surface area contributed by atoms with Crippen molar-refractivity contribution >= 4 is 0 Å². The van der Waals surface area contributed by atoms with Gasteiger partial charge in [-0.25, -0.2) is 26.3 Å². The number of alkyl halides is 16. The molecule has 0 saturated heterocycles. The second kappa shape index (κ2) is 7.35. The van der Waals surface area contributed by atoms with Crippen LogP contribution in [-0.2, 0) is 4.74 Å². The molecule has 0 N–H and O–H groups in total. The number of hydrogen-bond acceptors (Lipinski definition) is 1. The molecular weight excluding hydrogens is 440 g/mol. The minimum absolute atomic E-state index is 2.42.